The van der Waals surface area contributed by atoms with Crippen LogP contribution in [0.15, 0.2) is 41.0 Å². The second-order valence-electron chi connectivity index (χ2n) is 3.61. The van der Waals surface area contributed by atoms with Gasteiger partial charge < -0.3 is 9.73 Å². The second kappa shape index (κ2) is 4.59. The molecule has 80 valence electrons. The molecule has 1 N–H and O–H groups in total. The standard InChI is InChI=1S/C14H13NO/c1-3-12-5-4-6-13(9-12)15-10-14-11(2)7-8-16-14/h1,4-9,15H,10H2,2H3. The van der Waals surface area contributed by atoms with Crippen molar-refractivity contribution in [2.45, 2.75) is 13.5 Å². The minimum absolute atomic E-state index is 0.673. The van der Waals surface area contributed by atoms with Crippen molar-refractivity contribution < 1.29 is 4.42 Å². The molecule has 0 spiro atoms. The number of benzene rings is 1. The second-order valence-corrected chi connectivity index (χ2v) is 3.61. The molecule has 0 unspecified atom stereocenters. The topological polar surface area (TPSA) is 25.2 Å². The van der Waals surface area contributed by atoms with E-state index in [4.69, 9.17) is 10.8 Å². The zero-order chi connectivity index (χ0) is 11.4. The highest BCUT2D eigenvalue weighted by Gasteiger charge is 2.01. The van der Waals surface area contributed by atoms with Gasteiger partial charge in [-0.25, -0.2) is 0 Å². The van der Waals surface area contributed by atoms with E-state index in [1.54, 1.807) is 6.26 Å². The molecule has 2 aromatic rings. The average Bonchev–Trinajstić information content (AvgIpc) is 2.72. The average molecular weight is 211 g/mol. The molecule has 0 aliphatic rings. The zero-order valence-corrected chi connectivity index (χ0v) is 9.16. The highest BCUT2D eigenvalue weighted by molar-refractivity contribution is 5.50. The number of rotatable bonds is 3. The Hall–Kier alpha value is -2.14. The van der Waals surface area contributed by atoms with Crippen molar-refractivity contribution in [3.63, 3.8) is 0 Å². The monoisotopic (exact) mass is 211 g/mol. The first-order valence-corrected chi connectivity index (χ1v) is 5.13. The number of nitrogens with one attached hydrogen (secondary N) is 1. The van der Waals surface area contributed by atoms with Gasteiger partial charge in [-0.15, -0.1) is 6.42 Å². The highest BCUT2D eigenvalue weighted by Crippen LogP contribution is 2.14. The number of hydrogen-bond donors (Lipinski definition) is 1. The van der Waals surface area contributed by atoms with E-state index >= 15 is 0 Å². The number of terminal acetylenes is 1. The van der Waals surface area contributed by atoms with Crippen LogP contribution in [0.4, 0.5) is 5.69 Å². The molecule has 0 amide bonds. The molecule has 0 saturated carbocycles. The van der Waals surface area contributed by atoms with Crippen molar-refractivity contribution in [3.05, 3.63) is 53.5 Å². The maximum absolute atomic E-state index is 5.34. The van der Waals surface area contributed by atoms with Crippen LogP contribution in [0.2, 0.25) is 0 Å². The first-order valence-electron chi connectivity index (χ1n) is 5.13. The Balaban J connectivity index is 2.05. The Morgan fingerprint density at radius 3 is 2.94 bits per heavy atom. The molecular weight excluding hydrogens is 198 g/mol. The predicted molar refractivity (Wildman–Crippen MR) is 65.1 cm³/mol. The number of anilines is 1. The largest absolute Gasteiger partial charge is 0.467 e. The minimum atomic E-state index is 0.673. The van der Waals surface area contributed by atoms with Gasteiger partial charge in [0.2, 0.25) is 0 Å². The smallest absolute Gasteiger partial charge is 0.125 e. The molecule has 0 bridgehead atoms. The van der Waals surface area contributed by atoms with E-state index in [-0.39, 0.29) is 0 Å². The van der Waals surface area contributed by atoms with E-state index in [9.17, 15) is 0 Å². The van der Waals surface area contributed by atoms with Crippen molar-refractivity contribution in [2.24, 2.45) is 0 Å². The lowest BCUT2D eigenvalue weighted by Gasteiger charge is -2.05. The number of furan rings is 1. The Labute approximate surface area is 95.3 Å². The van der Waals surface area contributed by atoms with E-state index in [0.717, 1.165) is 22.6 Å². The van der Waals surface area contributed by atoms with Crippen LogP contribution < -0.4 is 5.32 Å². The fourth-order valence-corrected chi connectivity index (χ4v) is 1.49. The van der Waals surface area contributed by atoms with Crippen LogP contribution >= 0.6 is 0 Å². The first kappa shape index (κ1) is 10.4. The van der Waals surface area contributed by atoms with E-state index in [1.165, 1.54) is 0 Å². The van der Waals surface area contributed by atoms with Gasteiger partial charge in [0.15, 0.2) is 0 Å². The number of aryl methyl sites for hydroxylation is 1. The lowest BCUT2D eigenvalue weighted by molar-refractivity contribution is 0.515. The third-order valence-corrected chi connectivity index (χ3v) is 2.45. The van der Waals surface area contributed by atoms with Crippen LogP contribution in [0, 0.1) is 19.3 Å². The summed E-state index contributed by atoms with van der Waals surface area (Å²) in [6, 6.07) is 9.72. The van der Waals surface area contributed by atoms with Gasteiger partial charge in [-0.05, 0) is 36.8 Å². The summed E-state index contributed by atoms with van der Waals surface area (Å²) in [5.41, 5.74) is 3.04. The van der Waals surface area contributed by atoms with Gasteiger partial charge in [0.1, 0.15) is 5.76 Å². The van der Waals surface area contributed by atoms with Gasteiger partial charge in [-0.3, -0.25) is 0 Å². The Morgan fingerprint density at radius 2 is 2.25 bits per heavy atom. The van der Waals surface area contributed by atoms with Crippen LogP contribution in [-0.2, 0) is 6.54 Å². The fourth-order valence-electron chi connectivity index (χ4n) is 1.49. The van der Waals surface area contributed by atoms with Crippen LogP contribution in [-0.4, -0.2) is 0 Å². The van der Waals surface area contributed by atoms with Gasteiger partial charge in [-0.1, -0.05) is 12.0 Å². The quantitative estimate of drug-likeness (QED) is 0.789. The maximum Gasteiger partial charge on any atom is 0.125 e. The molecule has 1 heterocycles. The first-order chi connectivity index (χ1) is 7.79. The molecule has 0 aliphatic carbocycles. The Morgan fingerprint density at radius 1 is 1.38 bits per heavy atom. The molecule has 0 radical (unpaired) electrons. The van der Waals surface area contributed by atoms with Crippen LogP contribution in [0.5, 0.6) is 0 Å². The SMILES string of the molecule is C#Cc1cccc(NCc2occc2C)c1. The van der Waals surface area contributed by atoms with Gasteiger partial charge in [0.25, 0.3) is 0 Å². The summed E-state index contributed by atoms with van der Waals surface area (Å²) in [5.74, 6) is 3.56. The summed E-state index contributed by atoms with van der Waals surface area (Å²) in [7, 11) is 0. The van der Waals surface area contributed by atoms with Crippen molar-refractivity contribution >= 4 is 5.69 Å². The number of hydrogen-bond acceptors (Lipinski definition) is 2. The minimum Gasteiger partial charge on any atom is -0.467 e. The van der Waals surface area contributed by atoms with Crippen LogP contribution in [0.3, 0.4) is 0 Å². The van der Waals surface area contributed by atoms with E-state index in [0.29, 0.717) is 6.54 Å². The lowest BCUT2D eigenvalue weighted by atomic mass is 10.2. The molecule has 1 aromatic carbocycles. The van der Waals surface area contributed by atoms with Crippen molar-refractivity contribution in [2.75, 3.05) is 5.32 Å². The maximum atomic E-state index is 5.34. The van der Waals surface area contributed by atoms with Gasteiger partial charge in [-0.2, -0.15) is 0 Å². The molecule has 0 aliphatic heterocycles. The van der Waals surface area contributed by atoms with Crippen molar-refractivity contribution in [1.29, 1.82) is 0 Å². The van der Waals surface area contributed by atoms with Crippen LogP contribution in [0.1, 0.15) is 16.9 Å². The van der Waals surface area contributed by atoms with Crippen LogP contribution in [0.25, 0.3) is 0 Å². The van der Waals surface area contributed by atoms with E-state index < -0.39 is 0 Å². The lowest BCUT2D eigenvalue weighted by Crippen LogP contribution is -1.99. The molecule has 2 rings (SSSR count). The molecule has 16 heavy (non-hydrogen) atoms. The highest BCUT2D eigenvalue weighted by atomic mass is 16.3. The molecular formula is C14H13NO. The Bertz CT molecular complexity index is 520. The molecule has 0 fully saturated rings. The van der Waals surface area contributed by atoms with Crippen molar-refractivity contribution in [3.8, 4) is 12.3 Å². The molecule has 1 aromatic heterocycles. The summed E-state index contributed by atoms with van der Waals surface area (Å²) in [6.07, 6.45) is 7.04. The summed E-state index contributed by atoms with van der Waals surface area (Å²) in [5, 5.41) is 3.27. The van der Waals surface area contributed by atoms with Crippen molar-refractivity contribution in [1.82, 2.24) is 0 Å². The molecule has 2 heteroatoms. The fraction of sp³-hybridized carbons (Fsp3) is 0.143. The molecule has 0 saturated heterocycles. The van der Waals surface area contributed by atoms with Gasteiger partial charge in [0, 0.05) is 11.3 Å². The summed E-state index contributed by atoms with van der Waals surface area (Å²) in [4.78, 5) is 0. The summed E-state index contributed by atoms with van der Waals surface area (Å²) < 4.78 is 5.34. The molecule has 2 nitrogen and oxygen atoms in total. The third kappa shape index (κ3) is 2.26. The predicted octanol–water partition coefficient (Wildman–Crippen LogP) is 3.18. The third-order valence-electron chi connectivity index (χ3n) is 2.45. The Kier molecular flexibility index (Phi) is 2.98. The van der Waals surface area contributed by atoms with E-state index in [1.807, 2.05) is 37.3 Å². The summed E-state index contributed by atoms with van der Waals surface area (Å²) >= 11 is 0. The zero-order valence-electron chi connectivity index (χ0n) is 9.16. The molecule has 0 atom stereocenters. The van der Waals surface area contributed by atoms with Gasteiger partial charge >= 0.3 is 0 Å². The normalized spacial score (nSPS) is 9.75. The summed E-state index contributed by atoms with van der Waals surface area (Å²) in [6.45, 7) is 2.70. The van der Waals surface area contributed by atoms with E-state index in [2.05, 4.69) is 11.2 Å². The van der Waals surface area contributed by atoms with Gasteiger partial charge in [0.05, 0.1) is 12.8 Å².